The van der Waals surface area contributed by atoms with E-state index in [-0.39, 0.29) is 12.5 Å². The van der Waals surface area contributed by atoms with Crippen LogP contribution in [-0.2, 0) is 16.0 Å². The molecule has 0 radical (unpaired) electrons. The maximum absolute atomic E-state index is 13.4. The topological polar surface area (TPSA) is 73.0 Å². The zero-order chi connectivity index (χ0) is 20.2. The summed E-state index contributed by atoms with van der Waals surface area (Å²) < 4.78 is 0. The predicted octanol–water partition coefficient (Wildman–Crippen LogP) is 1.63. The van der Waals surface area contributed by atoms with Crippen LogP contribution in [0.1, 0.15) is 5.56 Å². The average molecular weight is 390 g/mol. The zero-order valence-corrected chi connectivity index (χ0v) is 16.2. The van der Waals surface area contributed by atoms with Gasteiger partial charge in [-0.15, -0.1) is 0 Å². The van der Waals surface area contributed by atoms with E-state index >= 15 is 0 Å². The van der Waals surface area contributed by atoms with E-state index in [2.05, 4.69) is 15.1 Å². The van der Waals surface area contributed by atoms with Crippen LogP contribution in [0.3, 0.4) is 0 Å². The van der Waals surface area contributed by atoms with Gasteiger partial charge in [-0.3, -0.25) is 19.8 Å². The van der Waals surface area contributed by atoms with Crippen molar-refractivity contribution in [3.05, 3.63) is 60.2 Å². The lowest BCUT2D eigenvalue weighted by Crippen LogP contribution is -2.74. The molecule has 7 nitrogen and oxygen atoms in total. The third-order valence-corrected chi connectivity index (χ3v) is 6.46. The molecule has 1 N–H and O–H groups in total. The van der Waals surface area contributed by atoms with Crippen molar-refractivity contribution < 1.29 is 14.4 Å². The first-order valence-corrected chi connectivity index (χ1v) is 9.80. The van der Waals surface area contributed by atoms with Crippen molar-refractivity contribution in [3.63, 3.8) is 0 Å². The summed E-state index contributed by atoms with van der Waals surface area (Å²) in [5.41, 5.74) is 1.76. The van der Waals surface area contributed by atoms with Gasteiger partial charge < -0.3 is 9.80 Å². The highest BCUT2D eigenvalue weighted by Gasteiger charge is 2.62. The number of carbonyl (C=O) groups is 3. The number of nitrogens with zero attached hydrogens (tertiary/aromatic N) is 3. The highest BCUT2D eigenvalue weighted by molar-refractivity contribution is 6.20. The number of barbiturate groups is 1. The van der Waals surface area contributed by atoms with E-state index in [9.17, 15) is 14.4 Å². The second-order valence-electron chi connectivity index (χ2n) is 7.89. The first-order valence-electron chi connectivity index (χ1n) is 9.80. The van der Waals surface area contributed by atoms with E-state index in [1.807, 2.05) is 54.6 Å². The summed E-state index contributed by atoms with van der Waals surface area (Å²) in [6.07, 6.45) is 0.287. The van der Waals surface area contributed by atoms with Crippen LogP contribution in [-0.4, -0.2) is 55.5 Å². The van der Waals surface area contributed by atoms with Crippen molar-refractivity contribution in [2.24, 2.45) is 5.41 Å². The van der Waals surface area contributed by atoms with E-state index in [0.717, 1.165) is 28.4 Å². The van der Waals surface area contributed by atoms with Gasteiger partial charge in [0.2, 0.25) is 11.8 Å². The van der Waals surface area contributed by atoms with Crippen LogP contribution in [0.4, 0.5) is 16.2 Å². The molecule has 2 fully saturated rings. The largest absolute Gasteiger partial charge is 0.368 e. The first kappa shape index (κ1) is 17.7. The van der Waals surface area contributed by atoms with E-state index in [4.69, 9.17) is 0 Å². The summed E-state index contributed by atoms with van der Waals surface area (Å²) in [6.45, 7) is 2.01. The molecule has 2 atom stereocenters. The zero-order valence-electron chi connectivity index (χ0n) is 16.2. The Kier molecular flexibility index (Phi) is 3.87. The Bertz CT molecular complexity index is 1010. The molecule has 0 unspecified atom stereocenters. The Morgan fingerprint density at radius 2 is 1.69 bits per heavy atom. The number of amides is 4. The van der Waals surface area contributed by atoms with Crippen molar-refractivity contribution in [1.29, 1.82) is 0 Å². The summed E-state index contributed by atoms with van der Waals surface area (Å²) >= 11 is 0. The molecule has 0 aliphatic carbocycles. The van der Waals surface area contributed by atoms with Crippen molar-refractivity contribution in [3.8, 4) is 0 Å². The van der Waals surface area contributed by atoms with Gasteiger partial charge in [0, 0.05) is 38.1 Å². The highest BCUT2D eigenvalue weighted by atomic mass is 16.2. The Hall–Kier alpha value is -3.35. The Morgan fingerprint density at radius 3 is 2.48 bits per heavy atom. The van der Waals surface area contributed by atoms with Crippen LogP contribution in [0.15, 0.2) is 54.6 Å². The third kappa shape index (κ3) is 2.46. The van der Waals surface area contributed by atoms with Gasteiger partial charge >= 0.3 is 6.03 Å². The van der Waals surface area contributed by atoms with Crippen molar-refractivity contribution in [2.45, 2.75) is 12.5 Å². The molecule has 3 heterocycles. The van der Waals surface area contributed by atoms with Crippen LogP contribution < -0.4 is 15.1 Å². The molecule has 0 aromatic heterocycles. The molecule has 2 saturated heterocycles. The number of benzene rings is 2. The van der Waals surface area contributed by atoms with Gasteiger partial charge in [0.1, 0.15) is 0 Å². The van der Waals surface area contributed by atoms with Crippen LogP contribution in [0.2, 0.25) is 0 Å². The molecule has 1 spiro atoms. The standard InChI is InChI=1S/C22H22N4O3/c1-24-20(28)22(19(27)23-21(24)29)13-15-7-5-6-10-17(15)26-12-11-25(14-18(22)26)16-8-3-2-4-9-16/h2-10,18H,11-14H2,1H3,(H,23,27,29)/t18-,22+/m0/s1. The maximum atomic E-state index is 13.4. The number of imide groups is 2. The van der Waals surface area contributed by atoms with Gasteiger partial charge in [0.15, 0.2) is 5.41 Å². The van der Waals surface area contributed by atoms with Gasteiger partial charge in [-0.05, 0) is 30.2 Å². The summed E-state index contributed by atoms with van der Waals surface area (Å²) in [5, 5.41) is 2.42. The lowest BCUT2D eigenvalue weighted by molar-refractivity contribution is -0.152. The molecular formula is C22H22N4O3. The van der Waals surface area contributed by atoms with Gasteiger partial charge in [-0.25, -0.2) is 4.79 Å². The van der Waals surface area contributed by atoms with Crippen LogP contribution in [0.5, 0.6) is 0 Å². The van der Waals surface area contributed by atoms with Gasteiger partial charge in [0.05, 0.1) is 6.04 Å². The van der Waals surface area contributed by atoms with Crippen LogP contribution in [0.25, 0.3) is 0 Å². The molecule has 7 heteroatoms. The predicted molar refractivity (Wildman–Crippen MR) is 109 cm³/mol. The van der Waals surface area contributed by atoms with Crippen molar-refractivity contribution >= 4 is 29.2 Å². The number of fused-ring (bicyclic) bond motifs is 4. The summed E-state index contributed by atoms with van der Waals surface area (Å²) in [6, 6.07) is 16.9. The molecule has 3 aliphatic rings. The second kappa shape index (κ2) is 6.34. The lowest BCUT2D eigenvalue weighted by Gasteiger charge is -2.55. The van der Waals surface area contributed by atoms with Gasteiger partial charge in [-0.2, -0.15) is 0 Å². The van der Waals surface area contributed by atoms with Crippen LogP contribution >= 0.6 is 0 Å². The fourth-order valence-corrected chi connectivity index (χ4v) is 4.96. The highest BCUT2D eigenvalue weighted by Crippen LogP contribution is 2.45. The molecule has 3 aliphatic heterocycles. The molecule has 5 rings (SSSR count). The number of hydrogen-bond acceptors (Lipinski definition) is 5. The normalized spacial score (nSPS) is 26.3. The number of urea groups is 1. The maximum Gasteiger partial charge on any atom is 0.330 e. The summed E-state index contributed by atoms with van der Waals surface area (Å²) in [7, 11) is 1.44. The number of carbonyl (C=O) groups excluding carboxylic acids is 3. The Morgan fingerprint density at radius 1 is 0.966 bits per heavy atom. The lowest BCUT2D eigenvalue weighted by atomic mass is 9.67. The third-order valence-electron chi connectivity index (χ3n) is 6.46. The molecule has 148 valence electrons. The summed E-state index contributed by atoms with van der Waals surface area (Å²) in [4.78, 5) is 44.2. The minimum atomic E-state index is -1.33. The molecule has 29 heavy (non-hydrogen) atoms. The molecule has 2 aromatic rings. The van der Waals surface area contributed by atoms with E-state index in [1.165, 1.54) is 7.05 Å². The Balaban J connectivity index is 1.63. The minimum absolute atomic E-state index is 0.287. The number of anilines is 2. The SMILES string of the molecule is CN1C(=O)NC(=O)[C@]2(Cc3ccccc3N3CCN(c4ccccc4)C[C@H]32)C1=O. The average Bonchev–Trinajstić information content (AvgIpc) is 2.76. The van der Waals surface area contributed by atoms with Crippen molar-refractivity contribution in [2.75, 3.05) is 36.5 Å². The minimum Gasteiger partial charge on any atom is -0.368 e. The molecule has 0 saturated carbocycles. The number of hydrogen-bond donors (Lipinski definition) is 1. The first-order chi connectivity index (χ1) is 14.0. The number of para-hydroxylation sites is 2. The van der Waals surface area contributed by atoms with E-state index in [1.54, 1.807) is 0 Å². The quantitative estimate of drug-likeness (QED) is 0.750. The fraction of sp³-hybridized carbons (Fsp3) is 0.318. The smallest absolute Gasteiger partial charge is 0.330 e. The van der Waals surface area contributed by atoms with E-state index < -0.39 is 23.3 Å². The molecular weight excluding hydrogens is 368 g/mol. The second-order valence-corrected chi connectivity index (χ2v) is 7.89. The number of nitrogens with one attached hydrogen (secondary N) is 1. The van der Waals surface area contributed by atoms with Crippen molar-refractivity contribution in [1.82, 2.24) is 10.2 Å². The van der Waals surface area contributed by atoms with Gasteiger partial charge in [-0.1, -0.05) is 36.4 Å². The number of rotatable bonds is 1. The monoisotopic (exact) mass is 390 g/mol. The van der Waals surface area contributed by atoms with E-state index in [0.29, 0.717) is 13.1 Å². The molecule has 0 bridgehead atoms. The van der Waals surface area contributed by atoms with Crippen LogP contribution in [0, 0.1) is 5.41 Å². The molecule has 2 aromatic carbocycles. The Labute approximate surface area is 168 Å². The molecule has 4 amide bonds. The number of piperazine rings is 1. The van der Waals surface area contributed by atoms with Gasteiger partial charge in [0.25, 0.3) is 0 Å². The summed E-state index contributed by atoms with van der Waals surface area (Å²) in [5.74, 6) is -0.921. The fourth-order valence-electron chi connectivity index (χ4n) is 4.96.